The van der Waals surface area contributed by atoms with E-state index in [-0.39, 0.29) is 0 Å². The molecule has 3 heteroatoms. The molecule has 0 bridgehead atoms. The van der Waals surface area contributed by atoms with Gasteiger partial charge in [0.15, 0.2) is 0 Å². The van der Waals surface area contributed by atoms with Gasteiger partial charge in [-0.05, 0) is 6.92 Å². The van der Waals surface area contributed by atoms with Crippen molar-refractivity contribution in [3.8, 4) is 0 Å². The molecule has 1 aromatic rings. The number of oxazole rings is 1. The highest BCUT2D eigenvalue weighted by Gasteiger charge is 1.93. The van der Waals surface area contributed by atoms with Gasteiger partial charge in [-0.3, -0.25) is 0 Å². The second-order valence-electron chi connectivity index (χ2n) is 1.59. The minimum Gasteiger partial charge on any atom is -0.447 e. The molecule has 0 aliphatic heterocycles. The number of aryl methyl sites for hydroxylation is 1. The van der Waals surface area contributed by atoms with Gasteiger partial charge in [0.05, 0.1) is 12.2 Å². The van der Waals surface area contributed by atoms with E-state index < -0.39 is 0 Å². The molecule has 10 heavy (non-hydrogen) atoms. The normalized spacial score (nSPS) is 8.40. The van der Waals surface area contributed by atoms with Crippen molar-refractivity contribution in [2.45, 2.75) is 27.3 Å². The van der Waals surface area contributed by atoms with E-state index in [1.807, 2.05) is 20.8 Å². The van der Waals surface area contributed by atoms with Crippen molar-refractivity contribution < 1.29 is 4.42 Å². The Kier molecular flexibility index (Phi) is 4.58. The minimum atomic E-state index is 0.383. The van der Waals surface area contributed by atoms with E-state index in [9.17, 15) is 0 Å². The predicted molar refractivity (Wildman–Crippen MR) is 40.5 cm³/mol. The van der Waals surface area contributed by atoms with Crippen LogP contribution in [0, 0.1) is 6.92 Å². The smallest absolute Gasteiger partial charge is 0.207 e. The molecule has 1 heterocycles. The van der Waals surface area contributed by atoms with Crippen LogP contribution in [-0.2, 0) is 6.54 Å². The van der Waals surface area contributed by atoms with Gasteiger partial charge in [-0.15, -0.1) is 0 Å². The molecule has 0 aliphatic rings. The van der Waals surface area contributed by atoms with Crippen LogP contribution >= 0.6 is 0 Å². The van der Waals surface area contributed by atoms with Crippen LogP contribution in [-0.4, -0.2) is 4.98 Å². The van der Waals surface area contributed by atoms with Crippen molar-refractivity contribution in [2.24, 2.45) is 5.73 Å². The Morgan fingerprint density at radius 2 is 2.20 bits per heavy atom. The summed E-state index contributed by atoms with van der Waals surface area (Å²) in [4.78, 5) is 3.94. The zero-order chi connectivity index (χ0) is 7.98. The van der Waals surface area contributed by atoms with Crippen LogP contribution in [0.2, 0.25) is 0 Å². The van der Waals surface area contributed by atoms with Crippen molar-refractivity contribution in [1.29, 1.82) is 0 Å². The van der Waals surface area contributed by atoms with Crippen molar-refractivity contribution in [3.63, 3.8) is 0 Å². The number of hydrogen-bond acceptors (Lipinski definition) is 3. The average Bonchev–Trinajstić information content (AvgIpc) is 2.40. The molecule has 0 amide bonds. The van der Waals surface area contributed by atoms with Gasteiger partial charge < -0.3 is 10.2 Å². The summed E-state index contributed by atoms with van der Waals surface area (Å²) in [6.45, 7) is 6.25. The quantitative estimate of drug-likeness (QED) is 0.646. The summed E-state index contributed by atoms with van der Waals surface area (Å²) >= 11 is 0. The largest absolute Gasteiger partial charge is 0.447 e. The van der Waals surface area contributed by atoms with Gasteiger partial charge in [0, 0.05) is 0 Å². The first kappa shape index (κ1) is 9.17. The van der Waals surface area contributed by atoms with Crippen LogP contribution in [0.5, 0.6) is 0 Å². The molecular formula is C7H14N2O. The Morgan fingerprint density at radius 1 is 1.60 bits per heavy atom. The topological polar surface area (TPSA) is 52.0 Å². The highest BCUT2D eigenvalue weighted by atomic mass is 16.3. The molecule has 0 atom stereocenters. The van der Waals surface area contributed by atoms with Gasteiger partial charge in [0.2, 0.25) is 5.89 Å². The number of nitrogens with two attached hydrogens (primary N) is 1. The molecule has 0 fully saturated rings. The predicted octanol–water partition coefficient (Wildman–Crippen LogP) is 1.47. The first-order valence-electron chi connectivity index (χ1n) is 3.44. The van der Waals surface area contributed by atoms with E-state index >= 15 is 0 Å². The van der Waals surface area contributed by atoms with E-state index in [1.165, 1.54) is 0 Å². The lowest BCUT2D eigenvalue weighted by Gasteiger charge is -1.79. The summed E-state index contributed by atoms with van der Waals surface area (Å²) in [6.07, 6.45) is 1.59. The van der Waals surface area contributed by atoms with Gasteiger partial charge in [0.25, 0.3) is 0 Å². The maximum atomic E-state index is 5.21. The lowest BCUT2D eigenvalue weighted by molar-refractivity contribution is 0.497. The second kappa shape index (κ2) is 4.99. The zero-order valence-electron chi connectivity index (χ0n) is 6.72. The Morgan fingerprint density at radius 3 is 2.40 bits per heavy atom. The van der Waals surface area contributed by atoms with Crippen LogP contribution in [0.4, 0.5) is 0 Å². The number of rotatable bonds is 1. The highest BCUT2D eigenvalue weighted by molar-refractivity contribution is 4.91. The monoisotopic (exact) mass is 142 g/mol. The number of nitrogens with zero attached hydrogens (tertiary/aromatic N) is 1. The first-order chi connectivity index (χ1) is 4.83. The maximum Gasteiger partial charge on any atom is 0.207 e. The minimum absolute atomic E-state index is 0.383. The number of hydrogen-bond donors (Lipinski definition) is 1. The molecule has 58 valence electrons. The molecular weight excluding hydrogens is 128 g/mol. The van der Waals surface area contributed by atoms with Crippen molar-refractivity contribution in [3.05, 3.63) is 17.8 Å². The lowest BCUT2D eigenvalue weighted by Crippen LogP contribution is -1.95. The van der Waals surface area contributed by atoms with Gasteiger partial charge in [0.1, 0.15) is 6.26 Å². The maximum absolute atomic E-state index is 5.21. The average molecular weight is 142 g/mol. The van der Waals surface area contributed by atoms with E-state index in [1.54, 1.807) is 6.26 Å². The Bertz CT molecular complexity index is 172. The molecule has 0 aromatic carbocycles. The zero-order valence-corrected chi connectivity index (χ0v) is 6.72. The van der Waals surface area contributed by atoms with Crippen molar-refractivity contribution >= 4 is 0 Å². The Balaban J connectivity index is 0.000000371. The number of aromatic nitrogens is 1. The third-order valence-corrected chi connectivity index (χ3v) is 0.841. The van der Waals surface area contributed by atoms with Crippen LogP contribution in [0.15, 0.2) is 10.7 Å². The summed E-state index contributed by atoms with van der Waals surface area (Å²) in [5.41, 5.74) is 6.09. The third kappa shape index (κ3) is 2.64. The fourth-order valence-electron chi connectivity index (χ4n) is 0.496. The van der Waals surface area contributed by atoms with Gasteiger partial charge in [-0.1, -0.05) is 13.8 Å². The summed E-state index contributed by atoms with van der Waals surface area (Å²) in [7, 11) is 0. The van der Waals surface area contributed by atoms with Gasteiger partial charge in [-0.25, -0.2) is 4.98 Å². The molecule has 2 N–H and O–H groups in total. The summed E-state index contributed by atoms with van der Waals surface area (Å²) in [5.74, 6) is 0.600. The molecule has 0 radical (unpaired) electrons. The fraction of sp³-hybridized carbons (Fsp3) is 0.571. The van der Waals surface area contributed by atoms with Crippen LogP contribution in [0.3, 0.4) is 0 Å². The molecule has 1 aromatic heterocycles. The van der Waals surface area contributed by atoms with Crippen LogP contribution in [0.1, 0.15) is 25.4 Å². The summed E-state index contributed by atoms with van der Waals surface area (Å²) < 4.78 is 4.88. The lowest BCUT2D eigenvalue weighted by atomic mass is 10.6. The van der Waals surface area contributed by atoms with Crippen LogP contribution < -0.4 is 5.73 Å². The SMILES string of the molecule is CC.Cc1coc(CN)n1. The Hall–Kier alpha value is -0.830. The molecule has 0 saturated heterocycles. The molecule has 0 spiro atoms. The summed E-state index contributed by atoms with van der Waals surface area (Å²) in [5, 5.41) is 0. The van der Waals surface area contributed by atoms with E-state index in [0.29, 0.717) is 12.4 Å². The van der Waals surface area contributed by atoms with Crippen LogP contribution in [0.25, 0.3) is 0 Å². The fourth-order valence-corrected chi connectivity index (χ4v) is 0.496. The van der Waals surface area contributed by atoms with Gasteiger partial charge in [-0.2, -0.15) is 0 Å². The van der Waals surface area contributed by atoms with Crippen molar-refractivity contribution in [1.82, 2.24) is 4.98 Å². The molecule has 0 aliphatic carbocycles. The van der Waals surface area contributed by atoms with E-state index in [0.717, 1.165) is 5.69 Å². The van der Waals surface area contributed by atoms with Crippen molar-refractivity contribution in [2.75, 3.05) is 0 Å². The molecule has 3 nitrogen and oxygen atoms in total. The second-order valence-corrected chi connectivity index (χ2v) is 1.59. The van der Waals surface area contributed by atoms with Gasteiger partial charge >= 0.3 is 0 Å². The van der Waals surface area contributed by atoms with E-state index in [4.69, 9.17) is 10.2 Å². The first-order valence-corrected chi connectivity index (χ1v) is 3.44. The van der Waals surface area contributed by atoms with E-state index in [2.05, 4.69) is 4.98 Å². The Labute approximate surface area is 61.3 Å². The third-order valence-electron chi connectivity index (χ3n) is 0.841. The summed E-state index contributed by atoms with van der Waals surface area (Å²) in [6, 6.07) is 0. The highest BCUT2D eigenvalue weighted by Crippen LogP contribution is 1.96. The molecule has 0 saturated carbocycles. The standard InChI is InChI=1S/C5H8N2O.C2H6/c1-4-3-8-5(2-6)7-4;1-2/h3H,2,6H2,1H3;1-2H3. The molecule has 0 unspecified atom stereocenters. The molecule has 1 rings (SSSR count).